The summed E-state index contributed by atoms with van der Waals surface area (Å²) >= 11 is 1.65. The average molecular weight is 518 g/mol. The summed E-state index contributed by atoms with van der Waals surface area (Å²) in [7, 11) is 4.95. The predicted octanol–water partition coefficient (Wildman–Crippen LogP) is 5.46. The van der Waals surface area contributed by atoms with E-state index in [-0.39, 0.29) is 12.0 Å². The van der Waals surface area contributed by atoms with Crippen LogP contribution in [-0.2, 0) is 20.6 Å². The molecule has 2 aliphatic rings. The van der Waals surface area contributed by atoms with Gasteiger partial charge in [-0.15, -0.1) is 11.3 Å². The largest absolute Gasteiger partial charge is 0.494 e. The van der Waals surface area contributed by atoms with E-state index < -0.39 is 0 Å². The fraction of sp³-hybridized carbons (Fsp3) is 0.276. The van der Waals surface area contributed by atoms with Crippen molar-refractivity contribution < 1.29 is 19.0 Å². The second kappa shape index (κ2) is 10.7. The van der Waals surface area contributed by atoms with Gasteiger partial charge in [0, 0.05) is 42.7 Å². The van der Waals surface area contributed by atoms with Gasteiger partial charge in [-0.2, -0.15) is 0 Å². The van der Waals surface area contributed by atoms with Gasteiger partial charge in [0.2, 0.25) is 0 Å². The first-order valence-corrected chi connectivity index (χ1v) is 13.1. The zero-order valence-corrected chi connectivity index (χ0v) is 22.1. The van der Waals surface area contributed by atoms with Gasteiger partial charge in [0.05, 0.1) is 25.6 Å². The topological polar surface area (TPSA) is 86.0 Å². The molecule has 1 amide bonds. The number of methoxy groups -OCH3 is 3. The highest BCUT2D eigenvalue weighted by Gasteiger charge is 2.28. The fourth-order valence-corrected chi connectivity index (χ4v) is 5.67. The maximum Gasteiger partial charge on any atom is 0.255 e. The van der Waals surface area contributed by atoms with Crippen LogP contribution in [0.2, 0.25) is 0 Å². The molecule has 1 aliphatic heterocycles. The molecular formula is C29H31N3O4S. The van der Waals surface area contributed by atoms with E-state index in [4.69, 9.17) is 19.9 Å². The summed E-state index contributed by atoms with van der Waals surface area (Å²) in [5, 5.41) is 5.04. The molecule has 1 aliphatic carbocycles. The first-order chi connectivity index (χ1) is 18.0. The number of nitrogens with zero attached hydrogens (tertiary/aromatic N) is 1. The number of carbonyl (C=O) groups is 1. The molecule has 37 heavy (non-hydrogen) atoms. The number of amides is 1. The lowest BCUT2D eigenvalue weighted by Gasteiger charge is -2.28. The first kappa shape index (κ1) is 24.9. The molecule has 5 rings (SSSR count). The standard InChI is InChI=1S/C29H31N3O4S/c1-34-25-13-18(14-26(35-2)28(25)36-3)17-32-11-10-19-6-7-21(16-24(19)32)29(33)31-23-15-20(8-9-22(23)30)27-5-4-12-37-27/h4-9,12-13,15-16,26H,10-11,14,17,30H2,1-3H3,(H,31,33). The predicted molar refractivity (Wildman–Crippen MR) is 149 cm³/mol. The monoisotopic (exact) mass is 517 g/mol. The van der Waals surface area contributed by atoms with Crippen molar-refractivity contribution in [3.8, 4) is 10.4 Å². The molecule has 0 saturated carbocycles. The number of nitrogen functional groups attached to an aromatic ring is 1. The summed E-state index contributed by atoms with van der Waals surface area (Å²) in [4.78, 5) is 16.7. The van der Waals surface area contributed by atoms with Gasteiger partial charge in [0.15, 0.2) is 11.5 Å². The normalized spacial score (nSPS) is 16.9. The van der Waals surface area contributed by atoms with E-state index in [0.717, 1.165) is 42.1 Å². The zero-order chi connectivity index (χ0) is 25.9. The Bertz CT molecular complexity index is 1360. The van der Waals surface area contributed by atoms with E-state index in [1.54, 1.807) is 32.7 Å². The van der Waals surface area contributed by atoms with Gasteiger partial charge in [0.25, 0.3) is 5.91 Å². The Morgan fingerprint density at radius 2 is 2.00 bits per heavy atom. The van der Waals surface area contributed by atoms with Gasteiger partial charge < -0.3 is 30.2 Å². The second-order valence-corrected chi connectivity index (χ2v) is 10.1. The lowest BCUT2D eigenvalue weighted by atomic mass is 9.99. The summed E-state index contributed by atoms with van der Waals surface area (Å²) in [6.45, 7) is 1.60. The molecule has 192 valence electrons. The van der Waals surface area contributed by atoms with Crippen LogP contribution in [-0.4, -0.2) is 46.4 Å². The molecule has 0 fully saturated rings. The lowest BCUT2D eigenvalue weighted by molar-refractivity contribution is 0.0650. The molecule has 3 N–H and O–H groups in total. The molecule has 8 heteroatoms. The Morgan fingerprint density at radius 1 is 1.14 bits per heavy atom. The van der Waals surface area contributed by atoms with Crippen LogP contribution in [0.1, 0.15) is 22.3 Å². The van der Waals surface area contributed by atoms with Crippen LogP contribution in [0, 0.1) is 0 Å². The van der Waals surface area contributed by atoms with Gasteiger partial charge >= 0.3 is 0 Å². The second-order valence-electron chi connectivity index (χ2n) is 9.12. The Morgan fingerprint density at radius 3 is 2.73 bits per heavy atom. The minimum Gasteiger partial charge on any atom is -0.494 e. The number of thiophene rings is 1. The highest BCUT2D eigenvalue weighted by atomic mass is 32.1. The molecule has 7 nitrogen and oxygen atoms in total. The highest BCUT2D eigenvalue weighted by Crippen LogP contribution is 2.34. The molecule has 1 atom stereocenters. The van der Waals surface area contributed by atoms with Crippen LogP contribution >= 0.6 is 11.3 Å². The van der Waals surface area contributed by atoms with Crippen LogP contribution in [0.3, 0.4) is 0 Å². The molecule has 3 aromatic rings. The maximum absolute atomic E-state index is 13.2. The number of nitrogens with one attached hydrogen (secondary N) is 1. The minimum atomic E-state index is -0.186. The van der Waals surface area contributed by atoms with Crippen LogP contribution in [0.4, 0.5) is 17.1 Å². The van der Waals surface area contributed by atoms with E-state index in [2.05, 4.69) is 16.3 Å². The van der Waals surface area contributed by atoms with Crippen molar-refractivity contribution in [3.05, 3.63) is 88.2 Å². The number of anilines is 3. The van der Waals surface area contributed by atoms with Crippen molar-refractivity contribution in [2.75, 3.05) is 50.4 Å². The summed E-state index contributed by atoms with van der Waals surface area (Å²) < 4.78 is 16.7. The van der Waals surface area contributed by atoms with E-state index in [1.165, 1.54) is 11.1 Å². The molecule has 2 heterocycles. The summed E-state index contributed by atoms with van der Waals surface area (Å²) in [5.74, 6) is 1.21. The number of fused-ring (bicyclic) bond motifs is 1. The Balaban J connectivity index is 1.35. The average Bonchev–Trinajstić information content (AvgIpc) is 3.60. The number of ether oxygens (including phenoxy) is 3. The first-order valence-electron chi connectivity index (χ1n) is 12.2. The van der Waals surface area contributed by atoms with Crippen molar-refractivity contribution in [2.24, 2.45) is 0 Å². The Labute approximate surface area is 221 Å². The summed E-state index contributed by atoms with van der Waals surface area (Å²) in [6.07, 6.45) is 3.50. The third kappa shape index (κ3) is 5.08. The Hall–Kier alpha value is -3.75. The lowest BCUT2D eigenvalue weighted by Crippen LogP contribution is -2.29. The molecule has 0 bridgehead atoms. The quantitative estimate of drug-likeness (QED) is 0.386. The minimum absolute atomic E-state index is 0.185. The smallest absolute Gasteiger partial charge is 0.255 e. The number of benzene rings is 2. The number of rotatable bonds is 8. The number of allylic oxidation sites excluding steroid dienone is 1. The van der Waals surface area contributed by atoms with Crippen molar-refractivity contribution in [2.45, 2.75) is 18.9 Å². The Kier molecular flexibility index (Phi) is 7.21. The van der Waals surface area contributed by atoms with Crippen molar-refractivity contribution in [3.63, 3.8) is 0 Å². The SMILES string of the molecule is COC1=C(OC)C(OC)CC(CN2CCc3ccc(C(=O)Nc4cc(-c5cccs5)ccc4N)cc32)=C1. The molecule has 0 saturated heterocycles. The highest BCUT2D eigenvalue weighted by molar-refractivity contribution is 7.13. The van der Waals surface area contributed by atoms with E-state index in [0.29, 0.717) is 28.5 Å². The third-order valence-electron chi connectivity index (χ3n) is 6.88. The van der Waals surface area contributed by atoms with Crippen LogP contribution in [0.15, 0.2) is 77.1 Å². The van der Waals surface area contributed by atoms with Crippen LogP contribution < -0.4 is 16.0 Å². The summed E-state index contributed by atoms with van der Waals surface area (Å²) in [6, 6.07) is 15.7. The van der Waals surface area contributed by atoms with Gasteiger partial charge in [-0.05, 0) is 64.9 Å². The summed E-state index contributed by atoms with van der Waals surface area (Å²) in [5.41, 5.74) is 12.4. The molecule has 2 aromatic carbocycles. The maximum atomic E-state index is 13.2. The molecule has 1 unspecified atom stereocenters. The van der Waals surface area contributed by atoms with Crippen molar-refractivity contribution in [1.29, 1.82) is 0 Å². The van der Waals surface area contributed by atoms with Gasteiger partial charge in [-0.1, -0.05) is 18.2 Å². The number of nitrogens with two attached hydrogens (primary N) is 1. The molecule has 0 radical (unpaired) electrons. The van der Waals surface area contributed by atoms with E-state index >= 15 is 0 Å². The molecular weight excluding hydrogens is 486 g/mol. The van der Waals surface area contributed by atoms with Crippen LogP contribution in [0.25, 0.3) is 10.4 Å². The number of hydrogen-bond donors (Lipinski definition) is 2. The van der Waals surface area contributed by atoms with E-state index in [9.17, 15) is 4.79 Å². The van der Waals surface area contributed by atoms with Gasteiger partial charge in [0.1, 0.15) is 6.10 Å². The third-order valence-corrected chi connectivity index (χ3v) is 7.80. The number of hydrogen-bond acceptors (Lipinski definition) is 7. The fourth-order valence-electron chi connectivity index (χ4n) is 4.95. The van der Waals surface area contributed by atoms with E-state index in [1.807, 2.05) is 53.9 Å². The van der Waals surface area contributed by atoms with Crippen molar-refractivity contribution in [1.82, 2.24) is 0 Å². The molecule has 0 spiro atoms. The zero-order valence-electron chi connectivity index (χ0n) is 21.2. The number of carbonyl (C=O) groups excluding carboxylic acids is 1. The molecule has 1 aromatic heterocycles. The van der Waals surface area contributed by atoms with Gasteiger partial charge in [-0.25, -0.2) is 0 Å². The van der Waals surface area contributed by atoms with Crippen molar-refractivity contribution >= 4 is 34.3 Å². The van der Waals surface area contributed by atoms with Gasteiger partial charge in [-0.3, -0.25) is 4.79 Å². The van der Waals surface area contributed by atoms with Crippen LogP contribution in [0.5, 0.6) is 0 Å².